The van der Waals surface area contributed by atoms with E-state index in [1.165, 1.54) is 37.3 Å². The van der Waals surface area contributed by atoms with Crippen LogP contribution in [0, 0.1) is 13.8 Å². The second kappa shape index (κ2) is 10.7. The Morgan fingerprint density at radius 1 is 0.970 bits per heavy atom. The van der Waals surface area contributed by atoms with E-state index < -0.39 is 0 Å². The minimum atomic E-state index is -0.354. The van der Waals surface area contributed by atoms with Gasteiger partial charge in [-0.15, -0.1) is 11.3 Å². The van der Waals surface area contributed by atoms with Crippen molar-refractivity contribution in [3.8, 4) is 28.5 Å². The highest BCUT2D eigenvalue weighted by Crippen LogP contribution is 2.38. The van der Waals surface area contributed by atoms with Crippen molar-refractivity contribution in [2.45, 2.75) is 47.1 Å². The number of carbonyl (C=O) groups excluding carboxylic acids is 1. The Morgan fingerprint density at radius 2 is 1.64 bits per heavy atom. The minimum absolute atomic E-state index is 0.354. The van der Waals surface area contributed by atoms with Crippen LogP contribution in [0.4, 0.5) is 0 Å². The van der Waals surface area contributed by atoms with Gasteiger partial charge in [0, 0.05) is 17.0 Å². The fourth-order valence-electron chi connectivity index (χ4n) is 3.79. The van der Waals surface area contributed by atoms with E-state index in [0.29, 0.717) is 34.2 Å². The van der Waals surface area contributed by atoms with E-state index in [9.17, 15) is 4.79 Å². The van der Waals surface area contributed by atoms with Crippen molar-refractivity contribution in [1.29, 1.82) is 0 Å². The van der Waals surface area contributed by atoms with Crippen LogP contribution in [0.1, 0.15) is 46.6 Å². The first-order valence-electron chi connectivity index (χ1n) is 11.1. The van der Waals surface area contributed by atoms with Crippen LogP contribution < -0.4 is 19.0 Å². The summed E-state index contributed by atoms with van der Waals surface area (Å²) in [6.07, 6.45) is 1.95. The SMILES string of the molecule is CCCc1sc(=NC(=O)c2cc(OC)c(OC)c(OC)c2)n(CC)c1-c1ccc(C)c(C)c1. The van der Waals surface area contributed by atoms with Gasteiger partial charge in [-0.3, -0.25) is 4.79 Å². The Morgan fingerprint density at radius 3 is 2.15 bits per heavy atom. The molecule has 0 bridgehead atoms. The second-order valence-corrected chi connectivity index (χ2v) is 8.84. The van der Waals surface area contributed by atoms with Crippen LogP contribution in [-0.4, -0.2) is 31.8 Å². The van der Waals surface area contributed by atoms with Crippen LogP contribution in [0.15, 0.2) is 35.3 Å². The zero-order chi connectivity index (χ0) is 24.1. The summed E-state index contributed by atoms with van der Waals surface area (Å²) in [4.78, 5) is 19.7. The number of rotatable bonds is 8. The third-order valence-corrected chi connectivity index (χ3v) is 6.80. The van der Waals surface area contributed by atoms with E-state index in [-0.39, 0.29) is 5.91 Å². The van der Waals surface area contributed by atoms with Crippen LogP contribution in [0.25, 0.3) is 11.3 Å². The first kappa shape index (κ1) is 24.6. The molecule has 3 aromatic rings. The molecule has 1 amide bonds. The van der Waals surface area contributed by atoms with Crippen molar-refractivity contribution in [2.24, 2.45) is 4.99 Å². The summed E-state index contributed by atoms with van der Waals surface area (Å²) in [5.74, 6) is 0.936. The molecule has 7 heteroatoms. The fourth-order valence-corrected chi connectivity index (χ4v) is 5.10. The predicted molar refractivity (Wildman–Crippen MR) is 133 cm³/mol. The molecule has 0 N–H and O–H groups in total. The number of ether oxygens (including phenoxy) is 3. The predicted octanol–water partition coefficient (Wildman–Crippen LogP) is 5.57. The van der Waals surface area contributed by atoms with E-state index in [2.05, 4.69) is 55.5 Å². The fraction of sp³-hybridized carbons (Fsp3) is 0.385. The van der Waals surface area contributed by atoms with Crippen molar-refractivity contribution in [1.82, 2.24) is 4.57 Å². The van der Waals surface area contributed by atoms with E-state index in [1.807, 2.05) is 0 Å². The highest BCUT2D eigenvalue weighted by molar-refractivity contribution is 7.09. The van der Waals surface area contributed by atoms with Crippen LogP contribution in [0.2, 0.25) is 0 Å². The third kappa shape index (κ3) is 4.98. The Hall–Kier alpha value is -3.06. The molecule has 3 rings (SSSR count). The number of hydrogen-bond acceptors (Lipinski definition) is 5. The van der Waals surface area contributed by atoms with Gasteiger partial charge >= 0.3 is 0 Å². The summed E-state index contributed by atoms with van der Waals surface area (Å²) in [7, 11) is 4.59. The molecule has 0 aliphatic carbocycles. The largest absolute Gasteiger partial charge is 0.493 e. The monoisotopic (exact) mass is 468 g/mol. The van der Waals surface area contributed by atoms with E-state index >= 15 is 0 Å². The average Bonchev–Trinajstić information content (AvgIpc) is 3.16. The maximum Gasteiger partial charge on any atom is 0.279 e. The molecule has 1 aromatic heterocycles. The van der Waals surface area contributed by atoms with Crippen molar-refractivity contribution >= 4 is 17.2 Å². The quantitative estimate of drug-likeness (QED) is 0.433. The van der Waals surface area contributed by atoms with Crippen LogP contribution in [0.5, 0.6) is 17.2 Å². The highest BCUT2D eigenvalue weighted by Gasteiger charge is 2.19. The first-order valence-corrected chi connectivity index (χ1v) is 11.9. The van der Waals surface area contributed by atoms with Crippen LogP contribution in [0.3, 0.4) is 0 Å². The van der Waals surface area contributed by atoms with E-state index in [1.54, 1.807) is 23.5 Å². The van der Waals surface area contributed by atoms with Gasteiger partial charge in [-0.05, 0) is 62.1 Å². The van der Waals surface area contributed by atoms with Crippen molar-refractivity contribution in [2.75, 3.05) is 21.3 Å². The highest BCUT2D eigenvalue weighted by atomic mass is 32.1. The van der Waals surface area contributed by atoms with Gasteiger partial charge in [-0.25, -0.2) is 0 Å². The lowest BCUT2D eigenvalue weighted by atomic mass is 10.0. The molecule has 0 unspecified atom stereocenters. The number of aryl methyl sites for hydroxylation is 3. The zero-order valence-corrected chi connectivity index (χ0v) is 21.3. The normalized spacial score (nSPS) is 11.5. The molecule has 0 spiro atoms. The molecule has 0 radical (unpaired) electrons. The molecular weight excluding hydrogens is 436 g/mol. The third-order valence-electron chi connectivity index (χ3n) is 5.66. The Labute approximate surface area is 199 Å². The zero-order valence-electron chi connectivity index (χ0n) is 20.4. The number of benzene rings is 2. The van der Waals surface area contributed by atoms with Crippen LogP contribution >= 0.6 is 11.3 Å². The summed E-state index contributed by atoms with van der Waals surface area (Å²) in [5, 5.41) is 0. The van der Waals surface area contributed by atoms with Gasteiger partial charge in [0.2, 0.25) is 5.75 Å². The van der Waals surface area contributed by atoms with Gasteiger partial charge in [-0.1, -0.05) is 25.5 Å². The van der Waals surface area contributed by atoms with E-state index in [4.69, 9.17) is 14.2 Å². The lowest BCUT2D eigenvalue weighted by Gasteiger charge is -2.13. The summed E-state index contributed by atoms with van der Waals surface area (Å²) in [5.41, 5.74) is 5.18. The van der Waals surface area contributed by atoms with E-state index in [0.717, 1.165) is 24.1 Å². The smallest absolute Gasteiger partial charge is 0.279 e. The molecule has 0 aliphatic rings. The molecule has 176 valence electrons. The van der Waals surface area contributed by atoms with Gasteiger partial charge in [-0.2, -0.15) is 4.99 Å². The molecule has 1 heterocycles. The summed E-state index contributed by atoms with van der Waals surface area (Å²) in [6.45, 7) is 9.20. The number of thiazole rings is 1. The van der Waals surface area contributed by atoms with Gasteiger partial charge in [0.05, 0.1) is 27.0 Å². The molecular formula is C26H32N2O4S. The average molecular weight is 469 g/mol. The van der Waals surface area contributed by atoms with Gasteiger partial charge in [0.15, 0.2) is 16.3 Å². The molecule has 0 saturated heterocycles. The van der Waals surface area contributed by atoms with Gasteiger partial charge in [0.1, 0.15) is 0 Å². The summed E-state index contributed by atoms with van der Waals surface area (Å²) >= 11 is 1.58. The van der Waals surface area contributed by atoms with Crippen molar-refractivity contribution in [3.63, 3.8) is 0 Å². The molecule has 0 fully saturated rings. The topological polar surface area (TPSA) is 62.1 Å². The lowest BCUT2D eigenvalue weighted by molar-refractivity contribution is 0.0997. The first-order chi connectivity index (χ1) is 15.9. The maximum absolute atomic E-state index is 13.2. The van der Waals surface area contributed by atoms with Gasteiger partial charge < -0.3 is 18.8 Å². The Bertz CT molecular complexity index is 1200. The molecule has 2 aromatic carbocycles. The number of nitrogens with zero attached hydrogens (tertiary/aromatic N) is 2. The molecule has 6 nitrogen and oxygen atoms in total. The maximum atomic E-state index is 13.2. The Kier molecular flexibility index (Phi) is 7.97. The number of carbonyl (C=O) groups is 1. The second-order valence-electron chi connectivity index (χ2n) is 7.78. The lowest BCUT2D eigenvalue weighted by Crippen LogP contribution is -2.17. The van der Waals surface area contributed by atoms with Gasteiger partial charge in [0.25, 0.3) is 5.91 Å². The summed E-state index contributed by atoms with van der Waals surface area (Å²) in [6, 6.07) is 9.78. The molecule has 0 saturated carbocycles. The van der Waals surface area contributed by atoms with Crippen molar-refractivity contribution < 1.29 is 19.0 Å². The Balaban J connectivity index is 2.17. The molecule has 33 heavy (non-hydrogen) atoms. The number of aromatic nitrogens is 1. The number of hydrogen-bond donors (Lipinski definition) is 0. The minimum Gasteiger partial charge on any atom is -0.493 e. The van der Waals surface area contributed by atoms with Crippen LogP contribution in [-0.2, 0) is 13.0 Å². The number of amides is 1. The number of methoxy groups -OCH3 is 3. The molecule has 0 aliphatic heterocycles. The van der Waals surface area contributed by atoms with Crippen molar-refractivity contribution in [3.05, 3.63) is 56.7 Å². The standard InChI is InChI=1S/C26H32N2O4S/c1-8-10-22-23(18-12-11-16(3)17(4)13-18)28(9-2)26(33-22)27-25(29)19-14-20(30-5)24(32-7)21(15-19)31-6/h11-15H,8-10H2,1-7H3. The summed E-state index contributed by atoms with van der Waals surface area (Å²) < 4.78 is 18.3. The molecule has 0 atom stereocenters.